The molecule has 1 aromatic carbocycles. The topological polar surface area (TPSA) is 49.9 Å². The summed E-state index contributed by atoms with van der Waals surface area (Å²) in [4.78, 5) is 28.5. The van der Waals surface area contributed by atoms with E-state index in [1.165, 1.54) is 10.5 Å². The van der Waals surface area contributed by atoms with E-state index in [-0.39, 0.29) is 24.3 Å². The van der Waals surface area contributed by atoms with Gasteiger partial charge in [-0.2, -0.15) is 0 Å². The molecule has 23 heavy (non-hydrogen) atoms. The molecule has 0 radical (unpaired) electrons. The molecular formula is C18H24N2O3. The maximum absolute atomic E-state index is 12.7. The van der Waals surface area contributed by atoms with Gasteiger partial charge in [-0.3, -0.25) is 14.5 Å². The number of nitrogens with zero attached hydrogens (tertiary/aromatic N) is 2. The molecule has 2 heterocycles. The molecule has 2 amide bonds. The van der Waals surface area contributed by atoms with Crippen LogP contribution in [0.2, 0.25) is 0 Å². The number of ether oxygens (including phenoxy) is 1. The average molecular weight is 316 g/mol. The number of imide groups is 1. The molecule has 2 fully saturated rings. The summed E-state index contributed by atoms with van der Waals surface area (Å²) in [7, 11) is 0. The van der Waals surface area contributed by atoms with Crippen molar-refractivity contribution in [2.24, 2.45) is 0 Å². The zero-order valence-electron chi connectivity index (χ0n) is 13.7. The first-order valence-electron chi connectivity index (χ1n) is 8.48. The van der Waals surface area contributed by atoms with Crippen molar-refractivity contribution in [2.45, 2.75) is 38.6 Å². The van der Waals surface area contributed by atoms with Crippen molar-refractivity contribution in [3.8, 4) is 0 Å². The Labute approximate surface area is 137 Å². The molecule has 0 aliphatic carbocycles. The highest BCUT2D eigenvalue weighted by Gasteiger charge is 2.42. The Bertz CT molecular complexity index is 564. The third-order valence-corrected chi connectivity index (χ3v) is 4.62. The molecule has 0 saturated carbocycles. The fraction of sp³-hybridized carbons (Fsp3) is 0.556. The second-order valence-electron chi connectivity index (χ2n) is 6.21. The largest absolute Gasteiger partial charge is 0.379 e. The van der Waals surface area contributed by atoms with Crippen LogP contribution in [0.3, 0.4) is 0 Å². The van der Waals surface area contributed by atoms with Crippen molar-refractivity contribution in [3.05, 3.63) is 29.8 Å². The number of hydrogen-bond donors (Lipinski definition) is 0. The van der Waals surface area contributed by atoms with Gasteiger partial charge in [-0.15, -0.1) is 0 Å². The summed E-state index contributed by atoms with van der Waals surface area (Å²) in [5.74, 6) is -0.203. The number of aryl methyl sites for hydroxylation is 1. The monoisotopic (exact) mass is 316 g/mol. The molecule has 2 saturated heterocycles. The standard InChI is InChI=1S/C18H24N2O3/c1-2-3-4-14-5-7-15(8-6-14)20-17(21)13-16(18(20)22)19-9-11-23-12-10-19/h5-8,16H,2-4,9-13H2,1H3. The molecular weight excluding hydrogens is 292 g/mol. The molecule has 0 bridgehead atoms. The molecule has 2 aliphatic heterocycles. The van der Waals surface area contributed by atoms with Crippen molar-refractivity contribution >= 4 is 17.5 Å². The van der Waals surface area contributed by atoms with Crippen LogP contribution in [0, 0.1) is 0 Å². The third-order valence-electron chi connectivity index (χ3n) is 4.62. The minimum Gasteiger partial charge on any atom is -0.379 e. The van der Waals surface area contributed by atoms with Crippen LogP contribution in [0.1, 0.15) is 31.7 Å². The number of rotatable bonds is 5. The molecule has 0 aromatic heterocycles. The smallest absolute Gasteiger partial charge is 0.251 e. The van der Waals surface area contributed by atoms with Gasteiger partial charge in [0.1, 0.15) is 0 Å². The first kappa shape index (κ1) is 16.1. The van der Waals surface area contributed by atoms with Gasteiger partial charge in [0.05, 0.1) is 31.4 Å². The highest BCUT2D eigenvalue weighted by molar-refractivity contribution is 6.22. The molecule has 5 heteroatoms. The third kappa shape index (κ3) is 3.46. The minimum absolute atomic E-state index is 0.0989. The Hall–Kier alpha value is -1.72. The van der Waals surface area contributed by atoms with Crippen molar-refractivity contribution in [2.75, 3.05) is 31.2 Å². The van der Waals surface area contributed by atoms with Crippen LogP contribution in [0.4, 0.5) is 5.69 Å². The summed E-state index contributed by atoms with van der Waals surface area (Å²) in [5, 5.41) is 0. The Balaban J connectivity index is 1.71. The second-order valence-corrected chi connectivity index (χ2v) is 6.21. The normalized spacial score (nSPS) is 22.8. The van der Waals surface area contributed by atoms with Gasteiger partial charge in [-0.1, -0.05) is 25.5 Å². The number of hydrogen-bond acceptors (Lipinski definition) is 4. The highest BCUT2D eigenvalue weighted by atomic mass is 16.5. The van der Waals surface area contributed by atoms with E-state index in [1.54, 1.807) is 0 Å². The van der Waals surface area contributed by atoms with Crippen molar-refractivity contribution in [1.82, 2.24) is 4.90 Å². The maximum Gasteiger partial charge on any atom is 0.251 e. The maximum atomic E-state index is 12.7. The van der Waals surface area contributed by atoms with Crippen LogP contribution in [-0.4, -0.2) is 49.1 Å². The molecule has 1 atom stereocenters. The Kier molecular flexibility index (Phi) is 5.08. The summed E-state index contributed by atoms with van der Waals surface area (Å²) < 4.78 is 5.33. The van der Waals surface area contributed by atoms with Crippen LogP contribution in [-0.2, 0) is 20.7 Å². The first-order chi connectivity index (χ1) is 11.2. The van der Waals surface area contributed by atoms with Crippen LogP contribution in [0.25, 0.3) is 0 Å². The molecule has 3 rings (SSSR count). The summed E-state index contributed by atoms with van der Waals surface area (Å²) in [5.41, 5.74) is 1.94. The van der Waals surface area contributed by atoms with Gasteiger partial charge < -0.3 is 4.74 Å². The Morgan fingerprint density at radius 2 is 1.83 bits per heavy atom. The summed E-state index contributed by atoms with van der Waals surface area (Å²) in [6.07, 6.45) is 3.62. The van der Waals surface area contributed by atoms with E-state index in [2.05, 4.69) is 11.8 Å². The van der Waals surface area contributed by atoms with Gasteiger partial charge >= 0.3 is 0 Å². The number of benzene rings is 1. The minimum atomic E-state index is -0.328. The van der Waals surface area contributed by atoms with E-state index in [4.69, 9.17) is 4.74 Å². The van der Waals surface area contributed by atoms with E-state index < -0.39 is 0 Å². The molecule has 1 unspecified atom stereocenters. The number of unbranched alkanes of at least 4 members (excludes halogenated alkanes) is 1. The van der Waals surface area contributed by atoms with Gasteiger partial charge in [0.2, 0.25) is 5.91 Å². The molecule has 0 N–H and O–H groups in total. The molecule has 2 aliphatic rings. The fourth-order valence-electron chi connectivity index (χ4n) is 3.25. The number of morpholine rings is 1. The predicted molar refractivity (Wildman–Crippen MR) is 88.3 cm³/mol. The molecule has 1 aromatic rings. The first-order valence-corrected chi connectivity index (χ1v) is 8.48. The van der Waals surface area contributed by atoms with Gasteiger partial charge in [0, 0.05) is 13.1 Å². The van der Waals surface area contributed by atoms with Gasteiger partial charge in [0.25, 0.3) is 5.91 Å². The van der Waals surface area contributed by atoms with Gasteiger partial charge in [0.15, 0.2) is 0 Å². The number of anilines is 1. The van der Waals surface area contributed by atoms with E-state index in [0.717, 1.165) is 19.3 Å². The van der Waals surface area contributed by atoms with Gasteiger partial charge in [-0.25, -0.2) is 4.90 Å². The van der Waals surface area contributed by atoms with E-state index in [0.29, 0.717) is 32.0 Å². The van der Waals surface area contributed by atoms with E-state index in [1.807, 2.05) is 24.3 Å². The molecule has 0 spiro atoms. The van der Waals surface area contributed by atoms with Crippen molar-refractivity contribution < 1.29 is 14.3 Å². The number of carbonyl (C=O) groups is 2. The summed E-state index contributed by atoms with van der Waals surface area (Å²) >= 11 is 0. The lowest BCUT2D eigenvalue weighted by Crippen LogP contribution is -2.47. The lowest BCUT2D eigenvalue weighted by atomic mass is 10.1. The lowest BCUT2D eigenvalue weighted by Gasteiger charge is -2.30. The van der Waals surface area contributed by atoms with Crippen LogP contribution >= 0.6 is 0 Å². The van der Waals surface area contributed by atoms with Crippen LogP contribution < -0.4 is 4.90 Å². The predicted octanol–water partition coefficient (Wildman–Crippen LogP) is 1.99. The van der Waals surface area contributed by atoms with Crippen LogP contribution in [0.15, 0.2) is 24.3 Å². The van der Waals surface area contributed by atoms with Crippen LogP contribution in [0.5, 0.6) is 0 Å². The number of amides is 2. The second kappa shape index (κ2) is 7.23. The quantitative estimate of drug-likeness (QED) is 0.780. The SMILES string of the molecule is CCCCc1ccc(N2C(=O)CC(N3CCOCC3)C2=O)cc1. The van der Waals surface area contributed by atoms with Crippen molar-refractivity contribution in [1.29, 1.82) is 0 Å². The van der Waals surface area contributed by atoms with Crippen molar-refractivity contribution in [3.63, 3.8) is 0 Å². The highest BCUT2D eigenvalue weighted by Crippen LogP contribution is 2.26. The number of carbonyl (C=O) groups excluding carboxylic acids is 2. The zero-order valence-corrected chi connectivity index (χ0v) is 13.7. The summed E-state index contributed by atoms with van der Waals surface area (Å²) in [6.45, 7) is 4.86. The Morgan fingerprint density at radius 1 is 1.13 bits per heavy atom. The van der Waals surface area contributed by atoms with E-state index in [9.17, 15) is 9.59 Å². The summed E-state index contributed by atoms with van der Waals surface area (Å²) in [6, 6.07) is 7.50. The molecule has 124 valence electrons. The molecule has 5 nitrogen and oxygen atoms in total. The lowest BCUT2D eigenvalue weighted by molar-refractivity contribution is -0.123. The Morgan fingerprint density at radius 3 is 2.48 bits per heavy atom. The fourth-order valence-corrected chi connectivity index (χ4v) is 3.25. The average Bonchev–Trinajstić information content (AvgIpc) is 2.89. The zero-order chi connectivity index (χ0) is 16.2. The van der Waals surface area contributed by atoms with Gasteiger partial charge in [-0.05, 0) is 30.5 Å². The van der Waals surface area contributed by atoms with E-state index >= 15 is 0 Å².